The number of nitrogens with zero attached hydrogens (tertiary/aromatic N) is 1. The molecule has 1 aromatic carbocycles. The minimum Gasteiger partial charge on any atom is -0.298 e. The molecule has 1 heterocycles. The van der Waals surface area contributed by atoms with Crippen LogP contribution in [0.5, 0.6) is 0 Å². The molecule has 1 atom stereocenters. The van der Waals surface area contributed by atoms with E-state index in [9.17, 15) is 0 Å². The maximum absolute atomic E-state index is 5.84. The van der Waals surface area contributed by atoms with Crippen LogP contribution in [0.3, 0.4) is 0 Å². The van der Waals surface area contributed by atoms with Crippen molar-refractivity contribution in [3.63, 3.8) is 0 Å². The summed E-state index contributed by atoms with van der Waals surface area (Å²) >= 11 is 5.84. The summed E-state index contributed by atoms with van der Waals surface area (Å²) in [6.45, 7) is 5.61. The molecule has 0 spiro atoms. The summed E-state index contributed by atoms with van der Waals surface area (Å²) in [4.78, 5) is 2.51. The molecule has 15 heavy (non-hydrogen) atoms. The Labute approximate surface area is 97.0 Å². The molecule has 2 heteroatoms. The van der Waals surface area contributed by atoms with Gasteiger partial charge in [-0.25, -0.2) is 0 Å². The molecule has 0 saturated carbocycles. The van der Waals surface area contributed by atoms with Crippen molar-refractivity contribution < 1.29 is 0 Å². The highest BCUT2D eigenvalue weighted by Crippen LogP contribution is 2.19. The van der Waals surface area contributed by atoms with E-state index >= 15 is 0 Å². The zero-order chi connectivity index (χ0) is 10.7. The third-order valence-electron chi connectivity index (χ3n) is 3.04. The molecule has 2 rings (SSSR count). The summed E-state index contributed by atoms with van der Waals surface area (Å²) < 4.78 is 0. The fourth-order valence-electron chi connectivity index (χ4n) is 2.20. The summed E-state index contributed by atoms with van der Waals surface area (Å²) in [5, 5.41) is 0. The Morgan fingerprint density at radius 3 is 2.80 bits per heavy atom. The Hall–Kier alpha value is -0.530. The first-order chi connectivity index (χ1) is 7.29. The number of rotatable bonds is 3. The summed E-state index contributed by atoms with van der Waals surface area (Å²) in [5.74, 6) is 1.36. The number of benzene rings is 1. The van der Waals surface area contributed by atoms with Gasteiger partial charge in [0.15, 0.2) is 0 Å². The molecule has 0 radical (unpaired) electrons. The molecule has 0 amide bonds. The van der Waals surface area contributed by atoms with Gasteiger partial charge in [0.25, 0.3) is 0 Å². The molecule has 1 aliphatic heterocycles. The zero-order valence-electron chi connectivity index (χ0n) is 9.25. The van der Waals surface area contributed by atoms with E-state index in [1.165, 1.54) is 24.1 Å². The van der Waals surface area contributed by atoms with Crippen LogP contribution in [-0.2, 0) is 13.0 Å². The van der Waals surface area contributed by atoms with E-state index in [2.05, 4.69) is 36.1 Å². The maximum Gasteiger partial charge on any atom is 0.0261 e. The Kier molecular flexibility index (Phi) is 3.66. The standard InChI is InChI=1S/C13H18ClN/c1-11(8-14)9-15-7-6-12-4-2-3-5-13(12)10-15/h2-5,11H,6-10H2,1H3. The molecule has 0 bridgehead atoms. The third-order valence-corrected chi connectivity index (χ3v) is 3.57. The molecule has 0 aromatic heterocycles. The second kappa shape index (κ2) is 5.00. The summed E-state index contributed by atoms with van der Waals surface area (Å²) in [6, 6.07) is 8.76. The predicted octanol–water partition coefficient (Wildman–Crippen LogP) is 2.92. The largest absolute Gasteiger partial charge is 0.298 e. The van der Waals surface area contributed by atoms with Crippen molar-refractivity contribution in [2.24, 2.45) is 5.92 Å². The average molecular weight is 224 g/mol. The van der Waals surface area contributed by atoms with Crippen molar-refractivity contribution in [3.8, 4) is 0 Å². The molecule has 0 aliphatic carbocycles. The van der Waals surface area contributed by atoms with Crippen LogP contribution in [0.25, 0.3) is 0 Å². The van der Waals surface area contributed by atoms with Gasteiger partial charge in [-0.05, 0) is 23.5 Å². The Morgan fingerprint density at radius 2 is 2.07 bits per heavy atom. The van der Waals surface area contributed by atoms with Crippen LogP contribution in [0.4, 0.5) is 0 Å². The maximum atomic E-state index is 5.84. The average Bonchev–Trinajstić information content (AvgIpc) is 2.29. The topological polar surface area (TPSA) is 3.24 Å². The Morgan fingerprint density at radius 1 is 1.33 bits per heavy atom. The zero-order valence-corrected chi connectivity index (χ0v) is 10.0. The number of hydrogen-bond acceptors (Lipinski definition) is 1. The molecule has 0 N–H and O–H groups in total. The van der Waals surface area contributed by atoms with Gasteiger partial charge in [-0.3, -0.25) is 4.90 Å². The van der Waals surface area contributed by atoms with Crippen LogP contribution < -0.4 is 0 Å². The van der Waals surface area contributed by atoms with E-state index in [1.807, 2.05) is 0 Å². The summed E-state index contributed by atoms with van der Waals surface area (Å²) in [5.41, 5.74) is 3.01. The molecule has 1 aliphatic rings. The molecule has 1 unspecified atom stereocenters. The quantitative estimate of drug-likeness (QED) is 0.713. The van der Waals surface area contributed by atoms with Crippen LogP contribution >= 0.6 is 11.6 Å². The molecule has 0 fully saturated rings. The first kappa shape index (κ1) is 11.0. The molecular formula is C13H18ClN. The lowest BCUT2D eigenvalue weighted by molar-refractivity contribution is 0.227. The van der Waals surface area contributed by atoms with Crippen LogP contribution in [-0.4, -0.2) is 23.9 Å². The Balaban J connectivity index is 1.99. The van der Waals surface area contributed by atoms with E-state index in [1.54, 1.807) is 0 Å². The van der Waals surface area contributed by atoms with Crippen molar-refractivity contribution in [1.29, 1.82) is 0 Å². The Bertz CT molecular complexity index is 324. The normalized spacial score (nSPS) is 18.5. The lowest BCUT2D eigenvalue weighted by Crippen LogP contribution is -2.34. The highest BCUT2D eigenvalue weighted by atomic mass is 35.5. The fraction of sp³-hybridized carbons (Fsp3) is 0.538. The van der Waals surface area contributed by atoms with Crippen molar-refractivity contribution in [1.82, 2.24) is 4.90 Å². The van der Waals surface area contributed by atoms with E-state index < -0.39 is 0 Å². The van der Waals surface area contributed by atoms with E-state index in [4.69, 9.17) is 11.6 Å². The second-order valence-electron chi connectivity index (χ2n) is 4.51. The highest BCUT2D eigenvalue weighted by Gasteiger charge is 2.16. The van der Waals surface area contributed by atoms with Gasteiger partial charge in [0.2, 0.25) is 0 Å². The van der Waals surface area contributed by atoms with Gasteiger partial charge in [-0.1, -0.05) is 31.2 Å². The van der Waals surface area contributed by atoms with Gasteiger partial charge in [0, 0.05) is 25.5 Å². The van der Waals surface area contributed by atoms with E-state index in [0.717, 1.165) is 19.0 Å². The van der Waals surface area contributed by atoms with Crippen LogP contribution in [0.1, 0.15) is 18.1 Å². The second-order valence-corrected chi connectivity index (χ2v) is 4.82. The first-order valence-corrected chi connectivity index (χ1v) is 6.18. The minimum atomic E-state index is 0.594. The smallest absolute Gasteiger partial charge is 0.0261 e. The van der Waals surface area contributed by atoms with Crippen LogP contribution in [0, 0.1) is 5.92 Å². The van der Waals surface area contributed by atoms with Gasteiger partial charge in [0.05, 0.1) is 0 Å². The fourth-order valence-corrected chi connectivity index (χ4v) is 2.30. The van der Waals surface area contributed by atoms with Crippen LogP contribution in [0.15, 0.2) is 24.3 Å². The molecule has 1 aromatic rings. The SMILES string of the molecule is CC(CCl)CN1CCc2ccccc2C1. The molecule has 1 nitrogen and oxygen atoms in total. The van der Waals surface area contributed by atoms with Gasteiger partial charge < -0.3 is 0 Å². The number of fused-ring (bicyclic) bond motifs is 1. The third kappa shape index (κ3) is 2.73. The number of halogens is 1. The van der Waals surface area contributed by atoms with Gasteiger partial charge in [0.1, 0.15) is 0 Å². The molecular weight excluding hydrogens is 206 g/mol. The number of alkyl halides is 1. The van der Waals surface area contributed by atoms with Crippen molar-refractivity contribution in [2.45, 2.75) is 19.9 Å². The molecule has 82 valence electrons. The van der Waals surface area contributed by atoms with Gasteiger partial charge in [-0.2, -0.15) is 0 Å². The van der Waals surface area contributed by atoms with Crippen molar-refractivity contribution >= 4 is 11.6 Å². The van der Waals surface area contributed by atoms with E-state index in [0.29, 0.717) is 5.92 Å². The molecule has 0 saturated heterocycles. The van der Waals surface area contributed by atoms with E-state index in [-0.39, 0.29) is 0 Å². The van der Waals surface area contributed by atoms with Crippen molar-refractivity contribution in [2.75, 3.05) is 19.0 Å². The monoisotopic (exact) mass is 223 g/mol. The first-order valence-electron chi connectivity index (χ1n) is 5.64. The lowest BCUT2D eigenvalue weighted by atomic mass is 9.99. The lowest BCUT2D eigenvalue weighted by Gasteiger charge is -2.30. The summed E-state index contributed by atoms with van der Waals surface area (Å²) in [6.07, 6.45) is 1.19. The van der Waals surface area contributed by atoms with Gasteiger partial charge in [-0.15, -0.1) is 11.6 Å². The predicted molar refractivity (Wildman–Crippen MR) is 65.3 cm³/mol. The van der Waals surface area contributed by atoms with Gasteiger partial charge >= 0.3 is 0 Å². The van der Waals surface area contributed by atoms with Crippen molar-refractivity contribution in [3.05, 3.63) is 35.4 Å². The number of hydrogen-bond donors (Lipinski definition) is 0. The minimum absolute atomic E-state index is 0.594. The van der Waals surface area contributed by atoms with Crippen LogP contribution in [0.2, 0.25) is 0 Å². The highest BCUT2D eigenvalue weighted by molar-refractivity contribution is 6.18. The summed E-state index contributed by atoms with van der Waals surface area (Å²) in [7, 11) is 0.